The lowest BCUT2D eigenvalue weighted by Crippen LogP contribution is -2.44. The van der Waals surface area contributed by atoms with Gasteiger partial charge in [-0.25, -0.2) is 0 Å². The van der Waals surface area contributed by atoms with E-state index in [2.05, 4.69) is 29.5 Å². The predicted molar refractivity (Wildman–Crippen MR) is 55.3 cm³/mol. The van der Waals surface area contributed by atoms with Crippen LogP contribution in [0.4, 0.5) is 0 Å². The molecule has 4 heteroatoms. The van der Waals surface area contributed by atoms with Crippen LogP contribution in [-0.4, -0.2) is 54.6 Å². The first-order valence-corrected chi connectivity index (χ1v) is 4.80. The molecule has 1 fully saturated rings. The second kappa shape index (κ2) is 4.84. The van der Waals surface area contributed by atoms with Gasteiger partial charge in [0.15, 0.2) is 0 Å². The number of piperazine rings is 1. The lowest BCUT2D eigenvalue weighted by Gasteiger charge is -2.32. The van der Waals surface area contributed by atoms with E-state index in [1.54, 1.807) is 0 Å². The van der Waals surface area contributed by atoms with Gasteiger partial charge in [0.2, 0.25) is 0 Å². The van der Waals surface area contributed by atoms with E-state index >= 15 is 0 Å². The van der Waals surface area contributed by atoms with Gasteiger partial charge in [0, 0.05) is 39.1 Å². The third-order valence-corrected chi connectivity index (χ3v) is 2.48. The Balaban J connectivity index is 2.13. The van der Waals surface area contributed by atoms with Crippen molar-refractivity contribution in [1.29, 1.82) is 5.41 Å². The molecule has 3 nitrogen and oxygen atoms in total. The van der Waals surface area contributed by atoms with E-state index in [0.29, 0.717) is 5.04 Å². The van der Waals surface area contributed by atoms with Gasteiger partial charge >= 0.3 is 0 Å². The predicted octanol–water partition coefficient (Wildman–Crippen LogP) is 0.531. The molecule has 0 saturated carbocycles. The minimum atomic E-state index is 0.494. The normalized spacial score (nSPS) is 21.2. The average molecular weight is 187 g/mol. The molecule has 1 aliphatic rings. The van der Waals surface area contributed by atoms with Crippen molar-refractivity contribution in [2.45, 2.75) is 6.42 Å². The summed E-state index contributed by atoms with van der Waals surface area (Å²) in [6.07, 6.45) is 0.798. The van der Waals surface area contributed by atoms with Crippen LogP contribution in [0.3, 0.4) is 0 Å². The molecule has 1 saturated heterocycles. The van der Waals surface area contributed by atoms with Gasteiger partial charge < -0.3 is 9.80 Å². The summed E-state index contributed by atoms with van der Waals surface area (Å²) in [5.74, 6) is 0. The summed E-state index contributed by atoms with van der Waals surface area (Å²) < 4.78 is 0. The fourth-order valence-corrected chi connectivity index (χ4v) is 1.44. The van der Waals surface area contributed by atoms with E-state index in [1.165, 1.54) is 0 Å². The van der Waals surface area contributed by atoms with Crippen LogP contribution in [0, 0.1) is 5.41 Å². The summed E-state index contributed by atoms with van der Waals surface area (Å²) in [7, 11) is 2.15. The van der Waals surface area contributed by atoms with Crippen molar-refractivity contribution in [1.82, 2.24) is 9.80 Å². The number of hydrogen-bond donors (Lipinski definition) is 2. The smallest absolute Gasteiger partial charge is 0.0623 e. The molecule has 0 aromatic rings. The lowest BCUT2D eigenvalue weighted by atomic mass is 10.3. The molecule has 0 atom stereocenters. The van der Waals surface area contributed by atoms with Gasteiger partial charge in [0.05, 0.1) is 5.04 Å². The largest absolute Gasteiger partial charge is 0.304 e. The first-order chi connectivity index (χ1) is 5.68. The molecule has 0 aliphatic carbocycles. The number of likely N-dealkylation sites (N-methyl/N-ethyl adjacent to an activating group) is 1. The molecule has 1 rings (SSSR count). The van der Waals surface area contributed by atoms with E-state index in [-0.39, 0.29) is 0 Å². The topological polar surface area (TPSA) is 30.3 Å². The maximum atomic E-state index is 7.18. The summed E-state index contributed by atoms with van der Waals surface area (Å²) in [6.45, 7) is 5.57. The second-order valence-corrected chi connectivity index (χ2v) is 3.88. The Kier molecular flexibility index (Phi) is 4.05. The standard InChI is InChI=1S/C8H17N3S/c1-10-4-6-11(7-5-10)3-2-8(9)12/h2-7H2,1H3,(H2,9,12). The van der Waals surface area contributed by atoms with Gasteiger partial charge in [-0.15, -0.1) is 12.6 Å². The van der Waals surface area contributed by atoms with Crippen molar-refractivity contribution < 1.29 is 0 Å². The molecule has 0 amide bonds. The average Bonchev–Trinajstić information content (AvgIpc) is 2.03. The van der Waals surface area contributed by atoms with Crippen LogP contribution in [0.25, 0.3) is 0 Å². The van der Waals surface area contributed by atoms with Gasteiger partial charge in [-0.2, -0.15) is 0 Å². The number of nitrogens with zero attached hydrogens (tertiary/aromatic N) is 2. The Bertz CT molecular complexity index is 152. The van der Waals surface area contributed by atoms with Crippen LogP contribution in [0.2, 0.25) is 0 Å². The van der Waals surface area contributed by atoms with Crippen LogP contribution in [-0.2, 0) is 0 Å². The Morgan fingerprint density at radius 1 is 1.33 bits per heavy atom. The molecule has 0 radical (unpaired) electrons. The quantitative estimate of drug-likeness (QED) is 0.383. The van der Waals surface area contributed by atoms with Crippen molar-refractivity contribution in [3.05, 3.63) is 0 Å². The molecule has 1 heterocycles. The highest BCUT2D eigenvalue weighted by molar-refractivity contribution is 7.96. The summed E-state index contributed by atoms with van der Waals surface area (Å²) in [4.78, 5) is 4.73. The molecule has 1 N–H and O–H groups in total. The highest BCUT2D eigenvalue weighted by atomic mass is 32.1. The molecule has 1 aliphatic heterocycles. The number of thiol groups is 1. The highest BCUT2D eigenvalue weighted by Gasteiger charge is 2.12. The first kappa shape index (κ1) is 10.0. The zero-order chi connectivity index (χ0) is 8.97. The van der Waals surface area contributed by atoms with Crippen molar-refractivity contribution in [2.75, 3.05) is 39.8 Å². The zero-order valence-corrected chi connectivity index (χ0v) is 8.48. The Morgan fingerprint density at radius 3 is 2.42 bits per heavy atom. The first-order valence-electron chi connectivity index (χ1n) is 4.36. The van der Waals surface area contributed by atoms with Crippen LogP contribution < -0.4 is 0 Å². The minimum Gasteiger partial charge on any atom is -0.304 e. The van der Waals surface area contributed by atoms with Gasteiger partial charge in [0.25, 0.3) is 0 Å². The number of nitrogens with one attached hydrogen (secondary N) is 1. The molecule has 0 spiro atoms. The zero-order valence-electron chi connectivity index (χ0n) is 7.58. The summed E-state index contributed by atoms with van der Waals surface area (Å²) >= 11 is 3.96. The van der Waals surface area contributed by atoms with E-state index in [0.717, 1.165) is 39.1 Å². The number of rotatable bonds is 3. The maximum Gasteiger partial charge on any atom is 0.0623 e. The fourth-order valence-electron chi connectivity index (χ4n) is 1.34. The monoisotopic (exact) mass is 187 g/mol. The summed E-state index contributed by atoms with van der Waals surface area (Å²) in [6, 6.07) is 0. The Hall–Kier alpha value is -0.0600. The van der Waals surface area contributed by atoms with E-state index in [1.807, 2.05) is 0 Å². The van der Waals surface area contributed by atoms with Crippen LogP contribution in [0.1, 0.15) is 6.42 Å². The molecular weight excluding hydrogens is 170 g/mol. The lowest BCUT2D eigenvalue weighted by molar-refractivity contribution is 0.157. The van der Waals surface area contributed by atoms with E-state index < -0.39 is 0 Å². The van der Waals surface area contributed by atoms with E-state index in [4.69, 9.17) is 5.41 Å². The number of hydrogen-bond acceptors (Lipinski definition) is 3. The summed E-state index contributed by atoms with van der Waals surface area (Å²) in [5, 5.41) is 7.67. The van der Waals surface area contributed by atoms with Crippen LogP contribution in [0.5, 0.6) is 0 Å². The fraction of sp³-hybridized carbons (Fsp3) is 0.875. The SMILES string of the molecule is CN1CCN(CCC(=N)S)CC1. The molecule has 0 bridgehead atoms. The van der Waals surface area contributed by atoms with Gasteiger partial charge in [-0.1, -0.05) is 0 Å². The maximum absolute atomic E-state index is 7.18. The summed E-state index contributed by atoms with van der Waals surface area (Å²) in [5.41, 5.74) is 0. The molecular formula is C8H17N3S. The Morgan fingerprint density at radius 2 is 1.92 bits per heavy atom. The third kappa shape index (κ3) is 3.56. The molecule has 12 heavy (non-hydrogen) atoms. The highest BCUT2D eigenvalue weighted by Crippen LogP contribution is 2.00. The van der Waals surface area contributed by atoms with Crippen molar-refractivity contribution in [3.63, 3.8) is 0 Å². The van der Waals surface area contributed by atoms with Crippen LogP contribution >= 0.6 is 12.6 Å². The van der Waals surface area contributed by atoms with Gasteiger partial charge in [-0.3, -0.25) is 5.41 Å². The Labute approximate surface area is 79.6 Å². The second-order valence-electron chi connectivity index (χ2n) is 3.34. The molecule has 0 aromatic heterocycles. The van der Waals surface area contributed by atoms with Gasteiger partial charge in [-0.05, 0) is 7.05 Å². The van der Waals surface area contributed by atoms with Crippen LogP contribution in [0.15, 0.2) is 0 Å². The minimum absolute atomic E-state index is 0.494. The third-order valence-electron chi connectivity index (χ3n) is 2.26. The van der Waals surface area contributed by atoms with E-state index in [9.17, 15) is 0 Å². The molecule has 0 unspecified atom stereocenters. The van der Waals surface area contributed by atoms with Crippen molar-refractivity contribution in [2.24, 2.45) is 0 Å². The molecule has 0 aromatic carbocycles. The van der Waals surface area contributed by atoms with Crippen molar-refractivity contribution in [3.8, 4) is 0 Å². The molecule has 70 valence electrons. The van der Waals surface area contributed by atoms with Gasteiger partial charge in [0.1, 0.15) is 0 Å². The van der Waals surface area contributed by atoms with Crippen molar-refractivity contribution >= 4 is 17.7 Å².